The van der Waals surface area contributed by atoms with Gasteiger partial charge in [0, 0.05) is 22.8 Å². The van der Waals surface area contributed by atoms with Crippen LogP contribution in [0, 0.1) is 5.82 Å². The van der Waals surface area contributed by atoms with Gasteiger partial charge in [0.1, 0.15) is 41.0 Å². The molecule has 1 saturated heterocycles. The Hall–Kier alpha value is -4.46. The van der Waals surface area contributed by atoms with E-state index < -0.39 is 54.0 Å². The number of aliphatic carboxylic acids is 2. The summed E-state index contributed by atoms with van der Waals surface area (Å²) in [6.45, 7) is -1.47. The van der Waals surface area contributed by atoms with Crippen molar-refractivity contribution in [2.75, 3.05) is 25.0 Å². The Morgan fingerprint density at radius 2 is 1.95 bits per heavy atom. The van der Waals surface area contributed by atoms with Crippen LogP contribution < -0.4 is 15.8 Å². The van der Waals surface area contributed by atoms with Crippen molar-refractivity contribution in [2.24, 2.45) is 5.16 Å². The molecule has 0 aliphatic carbocycles. The summed E-state index contributed by atoms with van der Waals surface area (Å²) in [7, 11) is 0. The number of carboxylic acid groups (broad SMARTS) is 2. The number of nitrogens with one attached hydrogen (secondary N) is 1. The maximum Gasteiger partial charge on any atom is 0.490 e. The lowest BCUT2D eigenvalue weighted by Crippen LogP contribution is -2.71. The van der Waals surface area contributed by atoms with Crippen LogP contribution >= 0.6 is 23.1 Å². The number of carbonyl (C=O) groups excluding carboxylic acids is 2. The van der Waals surface area contributed by atoms with Crippen molar-refractivity contribution in [2.45, 2.75) is 17.6 Å². The van der Waals surface area contributed by atoms with Gasteiger partial charge in [-0.25, -0.2) is 23.4 Å². The summed E-state index contributed by atoms with van der Waals surface area (Å²) in [4.78, 5) is 55.8. The fourth-order valence-corrected chi connectivity index (χ4v) is 5.30. The number of hydrogen-bond acceptors (Lipinski definition) is 11. The number of thiazole rings is 1. The smallest absolute Gasteiger partial charge is 0.489 e. The van der Waals surface area contributed by atoms with Crippen LogP contribution in [0.4, 0.5) is 27.1 Å². The van der Waals surface area contributed by atoms with Gasteiger partial charge >= 0.3 is 18.1 Å². The minimum absolute atomic E-state index is 0.0290. The van der Waals surface area contributed by atoms with E-state index in [9.17, 15) is 41.4 Å². The Labute approximate surface area is 239 Å². The Morgan fingerprint density at radius 3 is 2.50 bits per heavy atom. The molecule has 20 heteroatoms. The van der Waals surface area contributed by atoms with E-state index in [0.717, 1.165) is 22.3 Å². The molecular weight excluding hydrogens is 621 g/mol. The average Bonchev–Trinajstić information content (AvgIpc) is 3.35. The van der Waals surface area contributed by atoms with E-state index in [-0.39, 0.29) is 40.3 Å². The Bertz CT molecular complexity index is 1430. The zero-order chi connectivity index (χ0) is 31.2. The van der Waals surface area contributed by atoms with Crippen molar-refractivity contribution in [1.29, 1.82) is 0 Å². The van der Waals surface area contributed by atoms with E-state index in [1.807, 2.05) is 0 Å². The molecule has 2 atom stereocenters. The molecule has 1 aromatic carbocycles. The van der Waals surface area contributed by atoms with Gasteiger partial charge in [-0.15, -0.1) is 23.1 Å². The van der Waals surface area contributed by atoms with E-state index in [1.54, 1.807) is 0 Å². The molecule has 0 spiro atoms. The summed E-state index contributed by atoms with van der Waals surface area (Å²) in [6.07, 6.45) is -5.08. The number of carboxylic acids is 2. The molecule has 1 aromatic heterocycles. The second-order valence-corrected chi connectivity index (χ2v) is 9.91. The molecule has 2 aliphatic heterocycles. The predicted octanol–water partition coefficient (Wildman–Crippen LogP) is 1.96. The summed E-state index contributed by atoms with van der Waals surface area (Å²) in [6, 6.07) is 4.30. The maximum absolute atomic E-state index is 13.4. The number of nitrogens with two attached hydrogens (primary N) is 1. The summed E-state index contributed by atoms with van der Waals surface area (Å²) in [5.41, 5.74) is 5.27. The lowest BCUT2D eigenvalue weighted by atomic mass is 10.0. The number of thioether (sulfide) groups is 1. The normalized spacial score (nSPS) is 18.3. The molecule has 4 rings (SSSR count). The van der Waals surface area contributed by atoms with Gasteiger partial charge < -0.3 is 30.8 Å². The average molecular weight is 640 g/mol. The third-order valence-electron chi connectivity index (χ3n) is 5.17. The first-order valence-corrected chi connectivity index (χ1v) is 13.0. The van der Waals surface area contributed by atoms with Crippen LogP contribution in [0.1, 0.15) is 5.69 Å². The minimum Gasteiger partial charge on any atom is -0.489 e. The van der Waals surface area contributed by atoms with Crippen molar-refractivity contribution in [3.05, 3.63) is 52.4 Å². The first kappa shape index (κ1) is 32.1. The lowest BCUT2D eigenvalue weighted by molar-refractivity contribution is -0.192. The maximum atomic E-state index is 13.4. The van der Waals surface area contributed by atoms with Gasteiger partial charge in [0.05, 0.1) is 0 Å². The summed E-state index contributed by atoms with van der Waals surface area (Å²) in [5.74, 6) is -5.76. The number of halogens is 5. The van der Waals surface area contributed by atoms with Crippen LogP contribution in [0.15, 0.2) is 46.1 Å². The van der Waals surface area contributed by atoms with Crippen LogP contribution in [-0.4, -0.2) is 86.4 Å². The molecule has 1 unspecified atom stereocenters. The molecule has 0 radical (unpaired) electrons. The number of anilines is 1. The number of oxime groups is 1. The molecule has 5 N–H and O–H groups in total. The van der Waals surface area contributed by atoms with Crippen LogP contribution in [0.25, 0.3) is 0 Å². The number of benzene rings is 1. The quantitative estimate of drug-likeness (QED) is 0.136. The Kier molecular flexibility index (Phi) is 10.3. The molecular formula is C22H18F5N5O8S2. The number of β-lactam (4-membered cyclic amide) rings is 1. The topological polar surface area (TPSA) is 194 Å². The molecule has 0 bridgehead atoms. The first-order chi connectivity index (χ1) is 19.7. The number of fused-ring (bicyclic) bond motifs is 1. The number of rotatable bonds is 9. The van der Waals surface area contributed by atoms with Gasteiger partial charge in [-0.05, 0) is 12.1 Å². The molecule has 2 aliphatic rings. The van der Waals surface area contributed by atoms with Crippen molar-refractivity contribution >= 4 is 57.7 Å². The number of aromatic nitrogens is 1. The van der Waals surface area contributed by atoms with Crippen LogP contribution in [0.3, 0.4) is 0 Å². The van der Waals surface area contributed by atoms with Gasteiger partial charge in [0.25, 0.3) is 18.7 Å². The molecule has 0 saturated carbocycles. The van der Waals surface area contributed by atoms with Gasteiger partial charge in [-0.2, -0.15) is 13.2 Å². The fourth-order valence-electron chi connectivity index (χ4n) is 3.42. The van der Waals surface area contributed by atoms with E-state index >= 15 is 0 Å². The number of amides is 2. The monoisotopic (exact) mass is 639 g/mol. The highest BCUT2D eigenvalue weighted by Crippen LogP contribution is 2.40. The second kappa shape index (κ2) is 13.5. The zero-order valence-corrected chi connectivity index (χ0v) is 22.3. The Balaban J connectivity index is 0.000000616. The van der Waals surface area contributed by atoms with Crippen molar-refractivity contribution in [3.8, 4) is 5.75 Å². The molecule has 1 fully saturated rings. The van der Waals surface area contributed by atoms with E-state index in [1.165, 1.54) is 35.3 Å². The number of hydrogen-bond donors (Lipinski definition) is 4. The lowest BCUT2D eigenvalue weighted by Gasteiger charge is -2.49. The molecule has 13 nitrogen and oxygen atoms in total. The zero-order valence-electron chi connectivity index (χ0n) is 20.6. The number of carbonyl (C=O) groups is 4. The molecule has 3 heterocycles. The number of alkyl halides is 4. The molecule has 226 valence electrons. The molecule has 2 aromatic rings. The van der Waals surface area contributed by atoms with Gasteiger partial charge in [-0.3, -0.25) is 14.5 Å². The third-order valence-corrected chi connectivity index (χ3v) is 7.19. The largest absolute Gasteiger partial charge is 0.490 e. The Morgan fingerprint density at radius 1 is 1.26 bits per heavy atom. The third kappa shape index (κ3) is 7.63. The SMILES string of the molecule is Nc1nc(/C(=N\OCF)C(=O)NC2C(=O)N3C(C(=O)O)=C(COc4cccc(F)c4)CS[C@H]23)cs1.O=C(O)C(F)(F)F. The standard InChI is InChI=1S/C20H17F2N5O6S2.C2HF3O2/c21-8-33-26-13(12-7-35-20(23)24-12)16(28)25-14-17(29)27-15(19(30)31)9(6-34-18(14)27)5-32-11-3-1-2-10(22)4-11;3-2(4,5)1(6)7/h1-4,7,14,18H,5-6,8H2,(H2,23,24)(H,25,28)(H,30,31);(H,6,7)/b26-13+;/t14?,18-;/m1./s1. The minimum atomic E-state index is -5.08. The van der Waals surface area contributed by atoms with Gasteiger partial charge in [0.15, 0.2) is 10.8 Å². The van der Waals surface area contributed by atoms with E-state index in [0.29, 0.717) is 5.57 Å². The summed E-state index contributed by atoms with van der Waals surface area (Å²) < 4.78 is 63.1. The highest BCUT2D eigenvalue weighted by atomic mass is 32.2. The van der Waals surface area contributed by atoms with Crippen molar-refractivity contribution in [1.82, 2.24) is 15.2 Å². The van der Waals surface area contributed by atoms with E-state index in [4.69, 9.17) is 20.4 Å². The highest BCUT2D eigenvalue weighted by Gasteiger charge is 2.54. The first-order valence-electron chi connectivity index (χ1n) is 11.1. The summed E-state index contributed by atoms with van der Waals surface area (Å²) in [5, 5.41) is 23.6. The second-order valence-electron chi connectivity index (χ2n) is 7.92. The fraction of sp³-hybridized carbons (Fsp3) is 0.273. The van der Waals surface area contributed by atoms with Gasteiger partial charge in [0.2, 0.25) is 0 Å². The van der Waals surface area contributed by atoms with Crippen LogP contribution in [-0.2, 0) is 24.0 Å². The van der Waals surface area contributed by atoms with Gasteiger partial charge in [-0.1, -0.05) is 11.2 Å². The number of ether oxygens (including phenoxy) is 1. The predicted molar refractivity (Wildman–Crippen MR) is 135 cm³/mol. The highest BCUT2D eigenvalue weighted by molar-refractivity contribution is 8.00. The number of nitrogen functional groups attached to an aromatic ring is 1. The summed E-state index contributed by atoms with van der Waals surface area (Å²) >= 11 is 2.24. The van der Waals surface area contributed by atoms with E-state index in [2.05, 4.69) is 20.3 Å². The number of nitrogens with zero attached hydrogens (tertiary/aromatic N) is 3. The van der Waals surface area contributed by atoms with Crippen molar-refractivity contribution < 1.29 is 60.9 Å². The molecule has 2 amide bonds. The molecule has 42 heavy (non-hydrogen) atoms. The van der Waals surface area contributed by atoms with Crippen molar-refractivity contribution in [3.63, 3.8) is 0 Å². The van der Waals surface area contributed by atoms with Crippen LogP contribution in [0.2, 0.25) is 0 Å². The van der Waals surface area contributed by atoms with Crippen LogP contribution in [0.5, 0.6) is 5.75 Å².